The molecule has 0 bridgehead atoms. The van der Waals surface area contributed by atoms with Crippen LogP contribution in [0, 0.1) is 6.92 Å². The van der Waals surface area contributed by atoms with E-state index in [1.807, 2.05) is 31.2 Å². The highest BCUT2D eigenvalue weighted by Gasteiger charge is 2.10. The first-order valence-corrected chi connectivity index (χ1v) is 8.35. The molecule has 136 valence electrons. The molecule has 1 aromatic heterocycles. The van der Waals surface area contributed by atoms with E-state index in [0.717, 1.165) is 11.3 Å². The van der Waals surface area contributed by atoms with Gasteiger partial charge in [-0.1, -0.05) is 24.3 Å². The average molecular weight is 361 g/mol. The van der Waals surface area contributed by atoms with Crippen molar-refractivity contribution >= 4 is 29.1 Å². The largest absolute Gasteiger partial charge is 0.465 e. The highest BCUT2D eigenvalue weighted by atomic mass is 16.5. The second-order valence-electron chi connectivity index (χ2n) is 5.90. The van der Waals surface area contributed by atoms with Crippen LogP contribution in [-0.4, -0.2) is 24.0 Å². The van der Waals surface area contributed by atoms with E-state index in [2.05, 4.69) is 15.6 Å². The number of carbonyl (C=O) groups is 2. The molecule has 2 N–H and O–H groups in total. The number of amides is 1. The Morgan fingerprint density at radius 1 is 0.963 bits per heavy atom. The van der Waals surface area contributed by atoms with E-state index in [9.17, 15) is 9.59 Å². The van der Waals surface area contributed by atoms with E-state index in [1.165, 1.54) is 7.11 Å². The molecule has 0 radical (unpaired) electrons. The van der Waals surface area contributed by atoms with Crippen molar-refractivity contribution in [3.05, 3.63) is 83.6 Å². The number of nitrogens with zero attached hydrogens (tertiary/aromatic N) is 1. The molecule has 27 heavy (non-hydrogen) atoms. The fourth-order valence-electron chi connectivity index (χ4n) is 2.54. The number of carbonyl (C=O) groups excluding carboxylic acids is 2. The zero-order valence-corrected chi connectivity index (χ0v) is 15.0. The zero-order valence-electron chi connectivity index (χ0n) is 15.0. The number of anilines is 3. The van der Waals surface area contributed by atoms with Crippen LogP contribution in [0.3, 0.4) is 0 Å². The maximum atomic E-state index is 12.5. The fraction of sp³-hybridized carbons (Fsp3) is 0.0952. The normalized spacial score (nSPS) is 10.1. The molecule has 0 aliphatic carbocycles. The Hall–Kier alpha value is -3.67. The van der Waals surface area contributed by atoms with Gasteiger partial charge in [0.05, 0.1) is 12.7 Å². The van der Waals surface area contributed by atoms with E-state index in [-0.39, 0.29) is 5.91 Å². The van der Waals surface area contributed by atoms with Crippen molar-refractivity contribution in [1.82, 2.24) is 4.98 Å². The Labute approximate surface area is 157 Å². The van der Waals surface area contributed by atoms with E-state index >= 15 is 0 Å². The SMILES string of the molecule is COC(=O)c1cccc(Nc2cc(C(=O)Nc3ccccc3C)ccn2)c1. The van der Waals surface area contributed by atoms with E-state index < -0.39 is 5.97 Å². The van der Waals surface area contributed by atoms with Gasteiger partial charge in [0.2, 0.25) is 0 Å². The summed E-state index contributed by atoms with van der Waals surface area (Å²) < 4.78 is 4.72. The number of methoxy groups -OCH3 is 1. The molecule has 3 rings (SSSR count). The number of pyridine rings is 1. The van der Waals surface area contributed by atoms with Crippen molar-refractivity contribution in [2.45, 2.75) is 6.92 Å². The number of aromatic nitrogens is 1. The van der Waals surface area contributed by atoms with Crippen molar-refractivity contribution in [2.24, 2.45) is 0 Å². The molecule has 6 nitrogen and oxygen atoms in total. The van der Waals surface area contributed by atoms with Gasteiger partial charge in [-0.25, -0.2) is 9.78 Å². The average Bonchev–Trinajstić information content (AvgIpc) is 2.69. The summed E-state index contributed by atoms with van der Waals surface area (Å²) in [5.74, 6) is -0.148. The monoisotopic (exact) mass is 361 g/mol. The van der Waals surface area contributed by atoms with Gasteiger partial charge in [0.25, 0.3) is 5.91 Å². The quantitative estimate of drug-likeness (QED) is 0.667. The molecule has 0 unspecified atom stereocenters. The molecule has 0 aliphatic heterocycles. The summed E-state index contributed by atoms with van der Waals surface area (Å²) in [6.45, 7) is 1.93. The van der Waals surface area contributed by atoms with Crippen LogP contribution in [0.4, 0.5) is 17.2 Å². The van der Waals surface area contributed by atoms with Crippen LogP contribution in [0.2, 0.25) is 0 Å². The molecule has 0 saturated heterocycles. The molecule has 3 aromatic rings. The van der Waals surface area contributed by atoms with Gasteiger partial charge in [0.15, 0.2) is 0 Å². The van der Waals surface area contributed by atoms with Crippen LogP contribution in [0.25, 0.3) is 0 Å². The van der Waals surface area contributed by atoms with Gasteiger partial charge in [-0.2, -0.15) is 0 Å². The summed E-state index contributed by atoms with van der Waals surface area (Å²) >= 11 is 0. The molecule has 1 amide bonds. The number of rotatable bonds is 5. The van der Waals surface area contributed by atoms with Crippen molar-refractivity contribution in [1.29, 1.82) is 0 Å². The minimum absolute atomic E-state index is 0.224. The van der Waals surface area contributed by atoms with Gasteiger partial charge in [-0.3, -0.25) is 4.79 Å². The second-order valence-corrected chi connectivity index (χ2v) is 5.90. The summed E-state index contributed by atoms with van der Waals surface area (Å²) in [6, 6.07) is 17.7. The first-order valence-electron chi connectivity index (χ1n) is 8.35. The van der Waals surface area contributed by atoms with Crippen LogP contribution in [-0.2, 0) is 4.74 Å². The van der Waals surface area contributed by atoms with Gasteiger partial charge in [-0.05, 0) is 48.9 Å². The summed E-state index contributed by atoms with van der Waals surface area (Å²) in [5, 5.41) is 5.99. The van der Waals surface area contributed by atoms with Crippen LogP contribution in [0.15, 0.2) is 66.9 Å². The Morgan fingerprint density at radius 3 is 2.56 bits per heavy atom. The third-order valence-corrected chi connectivity index (χ3v) is 3.97. The Bertz CT molecular complexity index is 986. The molecule has 0 fully saturated rings. The predicted octanol–water partition coefficient (Wildman–Crippen LogP) is 4.17. The van der Waals surface area contributed by atoms with Crippen LogP contribution in [0.5, 0.6) is 0 Å². The topological polar surface area (TPSA) is 80.3 Å². The smallest absolute Gasteiger partial charge is 0.337 e. The number of aryl methyl sites for hydroxylation is 1. The van der Waals surface area contributed by atoms with Crippen molar-refractivity contribution < 1.29 is 14.3 Å². The third kappa shape index (κ3) is 4.49. The summed E-state index contributed by atoms with van der Waals surface area (Å²) in [7, 11) is 1.33. The molecule has 0 aliphatic rings. The Kier molecular flexibility index (Phi) is 5.47. The summed E-state index contributed by atoms with van der Waals surface area (Å²) in [6.07, 6.45) is 1.55. The molecule has 0 spiro atoms. The van der Waals surface area contributed by atoms with Crippen LogP contribution in [0.1, 0.15) is 26.3 Å². The number of hydrogen-bond donors (Lipinski definition) is 2. The number of nitrogens with one attached hydrogen (secondary N) is 2. The maximum absolute atomic E-state index is 12.5. The molecule has 0 atom stereocenters. The first-order chi connectivity index (χ1) is 13.1. The summed E-state index contributed by atoms with van der Waals surface area (Å²) in [4.78, 5) is 28.4. The molecule has 2 aromatic carbocycles. The van der Waals surface area contributed by atoms with E-state index in [4.69, 9.17) is 4.74 Å². The van der Waals surface area contributed by atoms with Gasteiger partial charge < -0.3 is 15.4 Å². The molecule has 0 saturated carbocycles. The zero-order chi connectivity index (χ0) is 19.2. The number of para-hydroxylation sites is 1. The van der Waals surface area contributed by atoms with Crippen LogP contribution < -0.4 is 10.6 Å². The third-order valence-electron chi connectivity index (χ3n) is 3.97. The highest BCUT2D eigenvalue weighted by Crippen LogP contribution is 2.19. The van der Waals surface area contributed by atoms with Crippen molar-refractivity contribution in [3.63, 3.8) is 0 Å². The lowest BCUT2D eigenvalue weighted by Crippen LogP contribution is -2.13. The molecular weight excluding hydrogens is 342 g/mol. The van der Waals surface area contributed by atoms with Gasteiger partial charge in [0.1, 0.15) is 5.82 Å². The number of ether oxygens (including phenoxy) is 1. The Morgan fingerprint density at radius 2 is 1.78 bits per heavy atom. The molecule has 6 heteroatoms. The minimum Gasteiger partial charge on any atom is -0.465 e. The number of esters is 1. The highest BCUT2D eigenvalue weighted by molar-refractivity contribution is 6.05. The molecule has 1 heterocycles. The second kappa shape index (κ2) is 8.14. The van der Waals surface area contributed by atoms with E-state index in [0.29, 0.717) is 22.6 Å². The van der Waals surface area contributed by atoms with Gasteiger partial charge >= 0.3 is 5.97 Å². The van der Waals surface area contributed by atoms with Crippen molar-refractivity contribution in [2.75, 3.05) is 17.7 Å². The van der Waals surface area contributed by atoms with E-state index in [1.54, 1.807) is 42.6 Å². The number of benzene rings is 2. The number of hydrogen-bond acceptors (Lipinski definition) is 5. The predicted molar refractivity (Wildman–Crippen MR) is 104 cm³/mol. The standard InChI is InChI=1S/C21H19N3O3/c1-14-6-3-4-9-18(14)24-20(25)15-10-11-22-19(13-15)23-17-8-5-7-16(12-17)21(26)27-2/h3-13H,1-2H3,(H,22,23)(H,24,25). The fourth-order valence-corrected chi connectivity index (χ4v) is 2.54. The lowest BCUT2D eigenvalue weighted by atomic mass is 10.1. The molecular formula is C21H19N3O3. The first kappa shape index (κ1) is 18.1. The van der Waals surface area contributed by atoms with Crippen molar-refractivity contribution in [3.8, 4) is 0 Å². The minimum atomic E-state index is -0.419. The summed E-state index contributed by atoms with van der Waals surface area (Å²) in [5.41, 5.74) is 3.31. The lowest BCUT2D eigenvalue weighted by molar-refractivity contribution is 0.0600. The van der Waals surface area contributed by atoms with Gasteiger partial charge in [-0.15, -0.1) is 0 Å². The van der Waals surface area contributed by atoms with Gasteiger partial charge in [0, 0.05) is 23.1 Å². The lowest BCUT2D eigenvalue weighted by Gasteiger charge is -2.10. The maximum Gasteiger partial charge on any atom is 0.337 e. The Balaban J connectivity index is 1.77. The van der Waals surface area contributed by atoms with Crippen LogP contribution >= 0.6 is 0 Å².